The third kappa shape index (κ3) is 2.25. The zero-order valence-electron chi connectivity index (χ0n) is 10.6. The number of rotatable bonds is 2. The van der Waals surface area contributed by atoms with Crippen LogP contribution in [0.5, 0.6) is 0 Å². The van der Waals surface area contributed by atoms with Crippen LogP contribution in [-0.4, -0.2) is 9.97 Å². The van der Waals surface area contributed by atoms with Gasteiger partial charge in [0.15, 0.2) is 0 Å². The van der Waals surface area contributed by atoms with E-state index in [4.69, 9.17) is 16.9 Å². The summed E-state index contributed by atoms with van der Waals surface area (Å²) in [5.74, 6) is 0.678. The largest absolute Gasteiger partial charge is 0.344 e. The van der Waals surface area contributed by atoms with Crippen LogP contribution in [0.3, 0.4) is 0 Å². The van der Waals surface area contributed by atoms with Gasteiger partial charge in [-0.25, -0.2) is 4.98 Å². The molecule has 0 aliphatic rings. The van der Waals surface area contributed by atoms with Crippen LogP contribution in [0.2, 0.25) is 5.02 Å². The molecule has 0 spiro atoms. The van der Waals surface area contributed by atoms with Crippen molar-refractivity contribution in [2.24, 2.45) is 0 Å². The minimum atomic E-state index is -0.623. The predicted octanol–water partition coefficient (Wildman–Crippen LogP) is 3.84. The van der Waals surface area contributed by atoms with Crippen LogP contribution in [-0.2, 0) is 5.41 Å². The van der Waals surface area contributed by atoms with Crippen molar-refractivity contribution < 1.29 is 0 Å². The highest BCUT2D eigenvalue weighted by Crippen LogP contribution is 2.27. The maximum Gasteiger partial charge on any atom is 0.126 e. The second-order valence-electron chi connectivity index (χ2n) is 4.81. The molecule has 92 valence electrons. The molecule has 1 aromatic carbocycles. The zero-order chi connectivity index (χ0) is 13.3. The van der Waals surface area contributed by atoms with Crippen molar-refractivity contribution in [3.05, 3.63) is 40.8 Å². The Hall–Kier alpha value is -1.79. The van der Waals surface area contributed by atoms with Crippen LogP contribution >= 0.6 is 11.6 Å². The van der Waals surface area contributed by atoms with E-state index in [0.29, 0.717) is 10.8 Å². The van der Waals surface area contributed by atoms with Crippen molar-refractivity contribution in [2.45, 2.75) is 26.2 Å². The topological polar surface area (TPSA) is 52.5 Å². The highest BCUT2D eigenvalue weighted by Gasteiger charge is 2.25. The maximum absolute atomic E-state index is 9.13. The lowest BCUT2D eigenvalue weighted by atomic mass is 9.95. The molecule has 3 nitrogen and oxygen atoms in total. The number of nitriles is 1. The number of imidazole rings is 1. The molecule has 0 bridgehead atoms. The Morgan fingerprint density at radius 1 is 1.39 bits per heavy atom. The van der Waals surface area contributed by atoms with Crippen molar-refractivity contribution in [3.8, 4) is 17.3 Å². The van der Waals surface area contributed by atoms with E-state index in [-0.39, 0.29) is 0 Å². The second kappa shape index (κ2) is 4.47. The van der Waals surface area contributed by atoms with Crippen LogP contribution < -0.4 is 0 Å². The normalized spacial score (nSPS) is 11.3. The lowest BCUT2D eigenvalue weighted by Crippen LogP contribution is -2.15. The number of aryl methyl sites for hydroxylation is 1. The summed E-state index contributed by atoms with van der Waals surface area (Å²) in [5, 5.41) is 9.81. The van der Waals surface area contributed by atoms with Gasteiger partial charge < -0.3 is 4.98 Å². The lowest BCUT2D eigenvalue weighted by Gasteiger charge is -2.10. The fourth-order valence-electron chi connectivity index (χ4n) is 1.73. The molecule has 2 rings (SSSR count). The molecule has 18 heavy (non-hydrogen) atoms. The third-order valence-electron chi connectivity index (χ3n) is 2.85. The van der Waals surface area contributed by atoms with Gasteiger partial charge in [0.1, 0.15) is 11.2 Å². The van der Waals surface area contributed by atoms with Gasteiger partial charge in [0.2, 0.25) is 0 Å². The average molecular weight is 260 g/mol. The summed E-state index contributed by atoms with van der Waals surface area (Å²) in [6.07, 6.45) is 0. The maximum atomic E-state index is 9.13. The average Bonchev–Trinajstić information content (AvgIpc) is 2.72. The van der Waals surface area contributed by atoms with Crippen molar-refractivity contribution in [1.82, 2.24) is 9.97 Å². The van der Waals surface area contributed by atoms with Gasteiger partial charge in [0.05, 0.1) is 11.8 Å². The summed E-state index contributed by atoms with van der Waals surface area (Å²) in [4.78, 5) is 7.70. The summed E-state index contributed by atoms with van der Waals surface area (Å²) in [6.45, 7) is 5.63. The number of aromatic amines is 1. The van der Waals surface area contributed by atoms with Crippen molar-refractivity contribution in [1.29, 1.82) is 5.26 Å². The Morgan fingerprint density at radius 3 is 2.72 bits per heavy atom. The molecule has 0 saturated heterocycles. The molecule has 0 unspecified atom stereocenters. The molecule has 4 heteroatoms. The SMILES string of the molecule is Cc1[nH]c(C(C)(C)C#N)nc1-c1cccc(Cl)c1. The monoisotopic (exact) mass is 259 g/mol. The van der Waals surface area contributed by atoms with Crippen LogP contribution in [0.4, 0.5) is 0 Å². The summed E-state index contributed by atoms with van der Waals surface area (Å²) < 4.78 is 0. The van der Waals surface area contributed by atoms with Gasteiger partial charge in [-0.3, -0.25) is 0 Å². The lowest BCUT2D eigenvalue weighted by molar-refractivity contribution is 0.638. The van der Waals surface area contributed by atoms with Crippen LogP contribution in [0.1, 0.15) is 25.4 Å². The van der Waals surface area contributed by atoms with Crippen LogP contribution in [0.15, 0.2) is 24.3 Å². The van der Waals surface area contributed by atoms with Crippen LogP contribution in [0.25, 0.3) is 11.3 Å². The Kier molecular flexibility index (Phi) is 3.14. The van der Waals surface area contributed by atoms with Gasteiger partial charge in [0.25, 0.3) is 0 Å². The number of hydrogen-bond acceptors (Lipinski definition) is 2. The van der Waals surface area contributed by atoms with Gasteiger partial charge in [-0.05, 0) is 32.9 Å². The number of halogens is 1. The summed E-state index contributed by atoms with van der Waals surface area (Å²) in [7, 11) is 0. The molecular weight excluding hydrogens is 246 g/mol. The number of H-pyrrole nitrogens is 1. The molecule has 0 saturated carbocycles. The van der Waals surface area contributed by atoms with E-state index in [2.05, 4.69) is 16.0 Å². The first-order valence-electron chi connectivity index (χ1n) is 5.68. The van der Waals surface area contributed by atoms with Gasteiger partial charge in [-0.2, -0.15) is 5.26 Å². The quantitative estimate of drug-likeness (QED) is 0.891. The van der Waals surface area contributed by atoms with E-state index in [1.165, 1.54) is 0 Å². The van der Waals surface area contributed by atoms with E-state index in [0.717, 1.165) is 17.0 Å². The molecule has 0 radical (unpaired) electrons. The molecule has 1 heterocycles. The fourth-order valence-corrected chi connectivity index (χ4v) is 1.92. The van der Waals surface area contributed by atoms with Gasteiger partial charge >= 0.3 is 0 Å². The van der Waals surface area contributed by atoms with Gasteiger partial charge in [-0.1, -0.05) is 23.7 Å². The number of aromatic nitrogens is 2. The van der Waals surface area contributed by atoms with Gasteiger partial charge in [-0.15, -0.1) is 0 Å². The number of nitrogens with zero attached hydrogens (tertiary/aromatic N) is 2. The molecule has 0 atom stereocenters. The Balaban J connectivity index is 2.52. The first-order chi connectivity index (χ1) is 8.44. The summed E-state index contributed by atoms with van der Waals surface area (Å²) >= 11 is 5.98. The summed E-state index contributed by atoms with van der Waals surface area (Å²) in [5.41, 5.74) is 2.12. The van der Waals surface area contributed by atoms with Crippen LogP contribution in [0, 0.1) is 18.3 Å². The molecule has 1 N–H and O–H groups in total. The molecule has 0 amide bonds. The minimum absolute atomic E-state index is 0.623. The first kappa shape index (κ1) is 12.7. The van der Waals surface area contributed by atoms with E-state index < -0.39 is 5.41 Å². The molecule has 0 aliphatic carbocycles. The fraction of sp³-hybridized carbons (Fsp3) is 0.286. The van der Waals surface area contributed by atoms with E-state index in [9.17, 15) is 0 Å². The van der Waals surface area contributed by atoms with E-state index in [1.807, 2.05) is 45.0 Å². The smallest absolute Gasteiger partial charge is 0.126 e. The first-order valence-corrected chi connectivity index (χ1v) is 6.06. The molecule has 2 aromatic rings. The van der Waals surface area contributed by atoms with Crippen molar-refractivity contribution >= 4 is 11.6 Å². The van der Waals surface area contributed by atoms with Crippen molar-refractivity contribution in [2.75, 3.05) is 0 Å². The minimum Gasteiger partial charge on any atom is -0.344 e. The predicted molar refractivity (Wildman–Crippen MR) is 72.4 cm³/mol. The molecule has 1 aromatic heterocycles. The van der Waals surface area contributed by atoms with Gasteiger partial charge in [0, 0.05) is 16.3 Å². The van der Waals surface area contributed by atoms with E-state index >= 15 is 0 Å². The molecule has 0 fully saturated rings. The highest BCUT2D eigenvalue weighted by molar-refractivity contribution is 6.30. The molecular formula is C14H14ClN3. The standard InChI is InChI=1S/C14H14ClN3/c1-9-12(10-5-4-6-11(15)7-10)18-13(17-9)14(2,3)8-16/h4-7H,1-3H3,(H,17,18). The Morgan fingerprint density at radius 2 is 2.11 bits per heavy atom. The number of benzene rings is 1. The zero-order valence-corrected chi connectivity index (χ0v) is 11.3. The Bertz CT molecular complexity index is 620. The Labute approximate surface area is 111 Å². The number of nitrogens with one attached hydrogen (secondary N) is 1. The summed E-state index contributed by atoms with van der Waals surface area (Å²) in [6, 6.07) is 9.78. The molecule has 0 aliphatic heterocycles. The van der Waals surface area contributed by atoms with Crippen molar-refractivity contribution in [3.63, 3.8) is 0 Å². The highest BCUT2D eigenvalue weighted by atomic mass is 35.5. The third-order valence-corrected chi connectivity index (χ3v) is 3.09. The second-order valence-corrected chi connectivity index (χ2v) is 5.24. The van der Waals surface area contributed by atoms with E-state index in [1.54, 1.807) is 0 Å². The number of hydrogen-bond donors (Lipinski definition) is 1.